The lowest BCUT2D eigenvalue weighted by molar-refractivity contribution is -0.119. The van der Waals surface area contributed by atoms with E-state index in [1.807, 2.05) is 29.2 Å². The van der Waals surface area contributed by atoms with Gasteiger partial charge in [0.25, 0.3) is 0 Å². The van der Waals surface area contributed by atoms with Crippen molar-refractivity contribution in [1.82, 2.24) is 5.32 Å². The first-order chi connectivity index (χ1) is 13.0. The molecule has 1 heterocycles. The molecule has 1 saturated heterocycles. The minimum Gasteiger partial charge on any atom is -0.351 e. The van der Waals surface area contributed by atoms with Crippen molar-refractivity contribution >= 4 is 29.3 Å². The van der Waals surface area contributed by atoms with Gasteiger partial charge in [-0.3, -0.25) is 9.59 Å². The van der Waals surface area contributed by atoms with Crippen LogP contribution in [-0.2, 0) is 16.1 Å². The molecule has 0 radical (unpaired) electrons. The number of carbonyl (C=O) groups is 2. The zero-order valence-corrected chi connectivity index (χ0v) is 16.7. The van der Waals surface area contributed by atoms with Gasteiger partial charge >= 0.3 is 0 Å². The number of anilines is 1. The summed E-state index contributed by atoms with van der Waals surface area (Å²) in [5, 5.41) is 2.96. The van der Waals surface area contributed by atoms with Gasteiger partial charge in [-0.2, -0.15) is 0 Å². The molecule has 2 aromatic rings. The molecule has 3 rings (SSSR count). The van der Waals surface area contributed by atoms with Gasteiger partial charge in [-0.25, -0.2) is 0 Å². The van der Waals surface area contributed by atoms with Crippen LogP contribution in [0.4, 0.5) is 5.69 Å². The summed E-state index contributed by atoms with van der Waals surface area (Å²) in [5.74, 6) is 1.13. The average Bonchev–Trinajstić information content (AvgIpc) is 3.11. The van der Waals surface area contributed by atoms with Crippen LogP contribution in [0.1, 0.15) is 43.7 Å². The van der Waals surface area contributed by atoms with E-state index in [9.17, 15) is 9.59 Å². The number of rotatable bonds is 7. The van der Waals surface area contributed by atoms with Crippen LogP contribution in [0.3, 0.4) is 0 Å². The molecule has 1 fully saturated rings. The summed E-state index contributed by atoms with van der Waals surface area (Å²) in [5.41, 5.74) is 3.28. The Morgan fingerprint density at radius 3 is 2.41 bits per heavy atom. The molecular weight excluding hydrogens is 356 g/mol. The van der Waals surface area contributed by atoms with E-state index in [1.54, 1.807) is 11.8 Å². The maximum absolute atomic E-state index is 12.1. The van der Waals surface area contributed by atoms with Crippen LogP contribution in [0.5, 0.6) is 0 Å². The van der Waals surface area contributed by atoms with Crippen LogP contribution < -0.4 is 10.2 Å². The van der Waals surface area contributed by atoms with E-state index in [0.29, 0.717) is 24.6 Å². The summed E-state index contributed by atoms with van der Waals surface area (Å²) >= 11 is 1.55. The van der Waals surface area contributed by atoms with Crippen molar-refractivity contribution < 1.29 is 9.59 Å². The number of nitrogens with one attached hydrogen (secondary N) is 1. The van der Waals surface area contributed by atoms with E-state index in [4.69, 9.17) is 0 Å². The van der Waals surface area contributed by atoms with E-state index in [2.05, 4.69) is 43.4 Å². The molecule has 0 bridgehead atoms. The van der Waals surface area contributed by atoms with Crippen molar-refractivity contribution in [3.63, 3.8) is 0 Å². The number of carbonyl (C=O) groups excluding carboxylic acids is 2. The number of benzene rings is 2. The monoisotopic (exact) mass is 382 g/mol. The predicted octanol–water partition coefficient (Wildman–Crippen LogP) is 4.35. The number of hydrogen-bond donors (Lipinski definition) is 1. The molecule has 1 N–H and O–H groups in total. The first-order valence-corrected chi connectivity index (χ1v) is 10.4. The van der Waals surface area contributed by atoms with Crippen molar-refractivity contribution in [2.24, 2.45) is 0 Å². The fraction of sp³-hybridized carbons (Fsp3) is 0.364. The molecule has 0 spiro atoms. The SMILES string of the molecule is CC(C)c1ccc(SCC(=O)NCc2ccc(N3CCCC3=O)cc2)cc1. The molecular formula is C22H26N2O2S. The Kier molecular flexibility index (Phi) is 6.56. The summed E-state index contributed by atoms with van der Waals surface area (Å²) in [6, 6.07) is 16.2. The van der Waals surface area contributed by atoms with Gasteiger partial charge in [-0.05, 0) is 47.7 Å². The Labute approximate surface area is 165 Å². The standard InChI is InChI=1S/C22H26N2O2S/c1-16(2)18-7-11-20(12-8-18)27-15-21(25)23-14-17-5-9-19(10-6-17)24-13-3-4-22(24)26/h5-12,16H,3-4,13-15H2,1-2H3,(H,23,25). The van der Waals surface area contributed by atoms with Gasteiger partial charge in [0.15, 0.2) is 0 Å². The molecule has 0 unspecified atom stereocenters. The van der Waals surface area contributed by atoms with E-state index in [-0.39, 0.29) is 11.8 Å². The minimum absolute atomic E-state index is 0.0201. The third-order valence-corrected chi connectivity index (χ3v) is 5.74. The van der Waals surface area contributed by atoms with Gasteiger partial charge in [-0.15, -0.1) is 11.8 Å². The Hall–Kier alpha value is -2.27. The normalized spacial score (nSPS) is 14.0. The Balaban J connectivity index is 1.44. The molecule has 1 aliphatic heterocycles. The van der Waals surface area contributed by atoms with E-state index < -0.39 is 0 Å². The Bertz CT molecular complexity index is 785. The fourth-order valence-corrected chi connectivity index (χ4v) is 3.79. The maximum Gasteiger partial charge on any atom is 0.230 e. The molecule has 5 heteroatoms. The zero-order chi connectivity index (χ0) is 19.2. The molecule has 2 amide bonds. The average molecular weight is 383 g/mol. The second-order valence-corrected chi connectivity index (χ2v) is 8.15. The molecule has 0 saturated carbocycles. The zero-order valence-electron chi connectivity index (χ0n) is 15.9. The predicted molar refractivity (Wildman–Crippen MR) is 111 cm³/mol. The molecule has 2 aromatic carbocycles. The second-order valence-electron chi connectivity index (χ2n) is 7.10. The number of thioether (sulfide) groups is 1. The number of amides is 2. The summed E-state index contributed by atoms with van der Waals surface area (Å²) in [6.07, 6.45) is 1.56. The first-order valence-electron chi connectivity index (χ1n) is 9.41. The van der Waals surface area contributed by atoms with Crippen LogP contribution in [0.2, 0.25) is 0 Å². The molecule has 27 heavy (non-hydrogen) atoms. The summed E-state index contributed by atoms with van der Waals surface area (Å²) in [7, 11) is 0. The molecule has 0 aromatic heterocycles. The molecule has 0 aliphatic carbocycles. The quantitative estimate of drug-likeness (QED) is 0.725. The van der Waals surface area contributed by atoms with E-state index >= 15 is 0 Å². The van der Waals surface area contributed by atoms with Crippen LogP contribution >= 0.6 is 11.8 Å². The van der Waals surface area contributed by atoms with Crippen LogP contribution in [0.15, 0.2) is 53.4 Å². The number of nitrogens with zero attached hydrogens (tertiary/aromatic N) is 1. The Morgan fingerprint density at radius 1 is 1.11 bits per heavy atom. The summed E-state index contributed by atoms with van der Waals surface area (Å²) in [4.78, 5) is 26.8. The van der Waals surface area contributed by atoms with Crippen LogP contribution in [0.25, 0.3) is 0 Å². The fourth-order valence-electron chi connectivity index (χ4n) is 3.06. The topological polar surface area (TPSA) is 49.4 Å². The summed E-state index contributed by atoms with van der Waals surface area (Å²) in [6.45, 7) is 5.64. The van der Waals surface area contributed by atoms with Gasteiger partial charge in [0, 0.05) is 30.1 Å². The van der Waals surface area contributed by atoms with E-state index in [0.717, 1.165) is 29.1 Å². The smallest absolute Gasteiger partial charge is 0.230 e. The maximum atomic E-state index is 12.1. The first kappa shape index (κ1) is 19.5. The van der Waals surface area contributed by atoms with Crippen molar-refractivity contribution in [3.8, 4) is 0 Å². The van der Waals surface area contributed by atoms with Gasteiger partial charge in [0.1, 0.15) is 0 Å². The number of hydrogen-bond acceptors (Lipinski definition) is 3. The van der Waals surface area contributed by atoms with Gasteiger partial charge in [0.05, 0.1) is 5.75 Å². The van der Waals surface area contributed by atoms with Crippen molar-refractivity contribution in [1.29, 1.82) is 0 Å². The van der Waals surface area contributed by atoms with Crippen molar-refractivity contribution in [3.05, 3.63) is 59.7 Å². The largest absolute Gasteiger partial charge is 0.351 e. The van der Waals surface area contributed by atoms with Crippen molar-refractivity contribution in [2.45, 2.75) is 44.0 Å². The van der Waals surface area contributed by atoms with Crippen molar-refractivity contribution in [2.75, 3.05) is 17.2 Å². The highest BCUT2D eigenvalue weighted by molar-refractivity contribution is 8.00. The van der Waals surface area contributed by atoms with Gasteiger partial charge in [0.2, 0.25) is 11.8 Å². The van der Waals surface area contributed by atoms with Crippen LogP contribution in [-0.4, -0.2) is 24.1 Å². The van der Waals surface area contributed by atoms with E-state index in [1.165, 1.54) is 5.56 Å². The Morgan fingerprint density at radius 2 is 1.81 bits per heavy atom. The lowest BCUT2D eigenvalue weighted by Gasteiger charge is -2.16. The minimum atomic E-state index is 0.0201. The lowest BCUT2D eigenvalue weighted by Crippen LogP contribution is -2.25. The molecule has 1 aliphatic rings. The molecule has 142 valence electrons. The third kappa shape index (κ3) is 5.36. The summed E-state index contributed by atoms with van der Waals surface area (Å²) < 4.78 is 0. The molecule has 0 atom stereocenters. The third-order valence-electron chi connectivity index (χ3n) is 4.73. The van der Waals surface area contributed by atoms with Gasteiger partial charge < -0.3 is 10.2 Å². The second kappa shape index (κ2) is 9.09. The highest BCUT2D eigenvalue weighted by Gasteiger charge is 2.21. The van der Waals surface area contributed by atoms with Crippen LogP contribution in [0, 0.1) is 0 Å². The highest BCUT2D eigenvalue weighted by atomic mass is 32.2. The van der Waals surface area contributed by atoms with Gasteiger partial charge in [-0.1, -0.05) is 38.1 Å². The lowest BCUT2D eigenvalue weighted by atomic mass is 10.0. The molecule has 4 nitrogen and oxygen atoms in total. The highest BCUT2D eigenvalue weighted by Crippen LogP contribution is 2.23.